The summed E-state index contributed by atoms with van der Waals surface area (Å²) >= 11 is 6.37. The third kappa shape index (κ3) is 4.27. The largest absolute Gasteiger partial charge is 0.507 e. The summed E-state index contributed by atoms with van der Waals surface area (Å²) in [6.45, 7) is 7.41. The van der Waals surface area contributed by atoms with E-state index < -0.39 is 0 Å². The maximum atomic E-state index is 11.7. The van der Waals surface area contributed by atoms with Crippen molar-refractivity contribution in [2.45, 2.75) is 18.1 Å². The molecule has 1 amide bonds. The molecule has 2 rings (SSSR count). The Bertz CT molecular complexity index is 696. The van der Waals surface area contributed by atoms with E-state index >= 15 is 0 Å². The summed E-state index contributed by atoms with van der Waals surface area (Å²) in [6.07, 6.45) is 6.31. The van der Waals surface area contributed by atoms with Crippen LogP contribution in [0.3, 0.4) is 0 Å². The summed E-state index contributed by atoms with van der Waals surface area (Å²) in [5.41, 5.74) is 2.13. The number of nitrogens with one attached hydrogen (secondary N) is 1. The molecule has 0 saturated carbocycles. The highest BCUT2D eigenvalue weighted by molar-refractivity contribution is 8.24. The van der Waals surface area contributed by atoms with Crippen LogP contribution in [0.5, 0.6) is 5.75 Å². The van der Waals surface area contributed by atoms with Crippen LogP contribution in [-0.2, 0) is 9.53 Å². The number of amides is 1. The van der Waals surface area contributed by atoms with Crippen LogP contribution in [0.15, 0.2) is 31.0 Å². The Balaban J connectivity index is 2.18. The number of rotatable bonds is 7. The van der Waals surface area contributed by atoms with Gasteiger partial charge in [0.15, 0.2) is 0 Å². The van der Waals surface area contributed by atoms with Gasteiger partial charge in [0.2, 0.25) is 5.91 Å². The number of allylic oxidation sites excluding steroid dienone is 1. The average molecular weight is 361 g/mol. The van der Waals surface area contributed by atoms with E-state index in [1.165, 1.54) is 11.8 Å². The second-order valence-corrected chi connectivity index (χ2v) is 7.07. The van der Waals surface area contributed by atoms with E-state index in [4.69, 9.17) is 17.0 Å². The third-order valence-corrected chi connectivity index (χ3v) is 5.08. The minimum Gasteiger partial charge on any atom is -0.507 e. The molecule has 1 fully saturated rings. The topological polar surface area (TPSA) is 58.6 Å². The number of carbonyl (C=O) groups excluding carboxylic acids is 1. The zero-order valence-corrected chi connectivity index (χ0v) is 15.0. The zero-order chi connectivity index (χ0) is 17.7. The predicted molar refractivity (Wildman–Crippen MR) is 105 cm³/mol. The number of benzene rings is 1. The van der Waals surface area contributed by atoms with Crippen LogP contribution in [0.4, 0.5) is 0 Å². The number of hydrogen-bond acceptors (Lipinski definition) is 5. The molecule has 0 spiro atoms. The van der Waals surface area contributed by atoms with Gasteiger partial charge in [0.25, 0.3) is 0 Å². The maximum absolute atomic E-state index is 11.7. The molecule has 1 aromatic carbocycles. The molecule has 1 saturated heterocycles. The van der Waals surface area contributed by atoms with Gasteiger partial charge in [-0.15, -0.1) is 0 Å². The lowest BCUT2D eigenvalue weighted by Crippen LogP contribution is -2.24. The van der Waals surface area contributed by atoms with Gasteiger partial charge in [0, 0.05) is 17.5 Å². The number of ether oxygens (including phenoxy) is 1. The molecule has 126 valence electrons. The Hall–Kier alpha value is -2.05. The molecule has 24 heavy (non-hydrogen) atoms. The number of carbonyl (C=O) groups is 1. The molecule has 1 aliphatic heterocycles. The second-order valence-electron chi connectivity index (χ2n) is 5.19. The molecule has 1 aromatic rings. The van der Waals surface area contributed by atoms with Crippen LogP contribution in [0.25, 0.3) is 18.2 Å². The van der Waals surface area contributed by atoms with Gasteiger partial charge < -0.3 is 15.2 Å². The van der Waals surface area contributed by atoms with Crippen molar-refractivity contribution in [2.24, 2.45) is 0 Å². The summed E-state index contributed by atoms with van der Waals surface area (Å²) in [4.78, 5) is 11.7. The summed E-state index contributed by atoms with van der Waals surface area (Å²) in [5.74, 6) is 0.855. The Morgan fingerprint density at radius 1 is 1.42 bits per heavy atom. The van der Waals surface area contributed by atoms with Crippen molar-refractivity contribution in [3.05, 3.63) is 47.7 Å². The minimum atomic E-state index is -0.177. The van der Waals surface area contributed by atoms with E-state index in [1.54, 1.807) is 19.3 Å². The molecule has 0 aliphatic carbocycles. The number of thioether (sulfide) groups is 1. The van der Waals surface area contributed by atoms with Gasteiger partial charge in [-0.2, -0.15) is 0 Å². The molecule has 4 nitrogen and oxygen atoms in total. The van der Waals surface area contributed by atoms with Gasteiger partial charge in [-0.05, 0) is 30.2 Å². The van der Waals surface area contributed by atoms with Gasteiger partial charge in [-0.3, -0.25) is 4.79 Å². The van der Waals surface area contributed by atoms with Crippen LogP contribution in [0.2, 0.25) is 0 Å². The molecule has 0 aromatic heterocycles. The Labute approximate surface area is 151 Å². The highest BCUT2D eigenvalue weighted by Gasteiger charge is 2.28. The maximum Gasteiger partial charge on any atom is 0.238 e. The molecule has 2 N–H and O–H groups in total. The van der Waals surface area contributed by atoms with Gasteiger partial charge in [0.05, 0.1) is 18.1 Å². The van der Waals surface area contributed by atoms with E-state index in [2.05, 4.69) is 18.5 Å². The molecule has 0 bridgehead atoms. The average Bonchev–Trinajstić information content (AvgIpc) is 2.90. The standard InChI is InChI=1S/C18H19NO3S2/c1-4-12-8-11(9-13(5-2)16(12)20)10-14(22-3)6-7-15-17(21)19-18(23)24-15/h4-5,8-10,15,20H,1-2,6-7H2,3H3,(H,19,21,23). The first-order valence-corrected chi connectivity index (χ1v) is 8.65. The Morgan fingerprint density at radius 2 is 2.04 bits per heavy atom. The fourth-order valence-corrected chi connectivity index (χ4v) is 3.64. The molecule has 1 unspecified atom stereocenters. The van der Waals surface area contributed by atoms with E-state index in [1.807, 2.05) is 18.2 Å². The van der Waals surface area contributed by atoms with Crippen molar-refractivity contribution in [3.8, 4) is 5.75 Å². The highest BCUT2D eigenvalue weighted by Crippen LogP contribution is 2.29. The van der Waals surface area contributed by atoms with Crippen LogP contribution in [0.1, 0.15) is 29.5 Å². The first kappa shape index (κ1) is 18.3. The van der Waals surface area contributed by atoms with Crippen molar-refractivity contribution < 1.29 is 14.6 Å². The molecule has 0 radical (unpaired) electrons. The molecule has 1 aliphatic rings. The van der Waals surface area contributed by atoms with Crippen LogP contribution in [-0.4, -0.2) is 27.7 Å². The number of phenolic OH excluding ortho intramolecular Hbond substituents is 1. The first-order chi connectivity index (χ1) is 11.5. The van der Waals surface area contributed by atoms with E-state index in [0.717, 1.165) is 11.3 Å². The molecular weight excluding hydrogens is 342 g/mol. The normalized spacial score (nSPS) is 17.5. The SMILES string of the molecule is C=Cc1cc(C=C(CCC2SC(=S)NC2=O)OC)cc(C=C)c1O. The van der Waals surface area contributed by atoms with Gasteiger partial charge in [-0.25, -0.2) is 0 Å². The fourth-order valence-electron chi connectivity index (χ4n) is 2.37. The summed E-state index contributed by atoms with van der Waals surface area (Å²) in [7, 11) is 1.60. The lowest BCUT2D eigenvalue weighted by molar-refractivity contribution is -0.118. The summed E-state index contributed by atoms with van der Waals surface area (Å²) < 4.78 is 5.95. The second kappa shape index (κ2) is 8.17. The minimum absolute atomic E-state index is 0.0482. The number of hydrogen-bond donors (Lipinski definition) is 2. The van der Waals surface area contributed by atoms with Gasteiger partial charge in [0.1, 0.15) is 10.1 Å². The smallest absolute Gasteiger partial charge is 0.238 e. The van der Waals surface area contributed by atoms with Crippen molar-refractivity contribution in [3.63, 3.8) is 0 Å². The monoisotopic (exact) mass is 361 g/mol. The summed E-state index contributed by atoms with van der Waals surface area (Å²) in [5, 5.41) is 12.5. The first-order valence-electron chi connectivity index (χ1n) is 7.36. The van der Waals surface area contributed by atoms with Crippen LogP contribution < -0.4 is 5.32 Å². The lowest BCUT2D eigenvalue weighted by atomic mass is 10.0. The quantitative estimate of drug-likeness (QED) is 0.569. The van der Waals surface area contributed by atoms with Crippen LogP contribution in [0, 0.1) is 0 Å². The van der Waals surface area contributed by atoms with Crippen LogP contribution >= 0.6 is 24.0 Å². The van der Waals surface area contributed by atoms with Crippen molar-refractivity contribution in [2.75, 3.05) is 7.11 Å². The van der Waals surface area contributed by atoms with Gasteiger partial charge in [-0.1, -0.05) is 49.3 Å². The highest BCUT2D eigenvalue weighted by atomic mass is 32.2. The fraction of sp³-hybridized carbons (Fsp3) is 0.222. The lowest BCUT2D eigenvalue weighted by Gasteiger charge is -2.10. The number of aromatic hydroxyl groups is 1. The number of thiocarbonyl (C=S) groups is 1. The number of phenols is 1. The van der Waals surface area contributed by atoms with Crippen molar-refractivity contribution in [1.82, 2.24) is 5.32 Å². The Morgan fingerprint density at radius 3 is 2.50 bits per heavy atom. The van der Waals surface area contributed by atoms with Gasteiger partial charge >= 0.3 is 0 Å². The van der Waals surface area contributed by atoms with Crippen molar-refractivity contribution >= 4 is 52.4 Å². The van der Waals surface area contributed by atoms with E-state index in [-0.39, 0.29) is 16.9 Å². The van der Waals surface area contributed by atoms with E-state index in [9.17, 15) is 9.90 Å². The Kier molecular flexibility index (Phi) is 6.23. The molecule has 6 heteroatoms. The van der Waals surface area contributed by atoms with Crippen molar-refractivity contribution in [1.29, 1.82) is 0 Å². The molecule has 1 heterocycles. The molecular formula is C18H19NO3S2. The summed E-state index contributed by atoms with van der Waals surface area (Å²) in [6, 6.07) is 3.64. The predicted octanol–water partition coefficient (Wildman–Crippen LogP) is 3.96. The zero-order valence-electron chi connectivity index (χ0n) is 13.4. The third-order valence-electron chi connectivity index (χ3n) is 3.64. The van der Waals surface area contributed by atoms with E-state index in [0.29, 0.717) is 28.3 Å². The molecule has 1 atom stereocenters. The number of methoxy groups -OCH3 is 1.